The summed E-state index contributed by atoms with van der Waals surface area (Å²) in [6.07, 6.45) is -3.78. The predicted molar refractivity (Wildman–Crippen MR) is 109 cm³/mol. The number of aryl methyl sites for hydroxylation is 2. The fraction of sp³-hybridized carbons (Fsp3) is 0.273. The second-order valence-electron chi connectivity index (χ2n) is 7.23. The molecule has 0 unspecified atom stereocenters. The standard InChI is InChI=1S/C22H19ClF3NO4/c1-12-9-16(10-13(2)19(12)23)31-27(15-6-3-5-14(11-15)22(24,25)26)20(28)17-7-4-8-18(17)21(29)30/h3,5-6,9-11H,4,7-8H2,1-2H3,(H,29,30). The Hall–Kier alpha value is -3.00. The van der Waals surface area contributed by atoms with Crippen LogP contribution in [0.2, 0.25) is 5.02 Å². The number of aliphatic carboxylic acids is 1. The van der Waals surface area contributed by atoms with Crippen molar-refractivity contribution in [3.8, 4) is 5.75 Å². The van der Waals surface area contributed by atoms with Crippen molar-refractivity contribution < 1.29 is 32.7 Å². The molecule has 0 bridgehead atoms. The van der Waals surface area contributed by atoms with Crippen molar-refractivity contribution in [2.45, 2.75) is 39.3 Å². The number of hydroxylamine groups is 1. The zero-order valence-corrected chi connectivity index (χ0v) is 17.5. The van der Waals surface area contributed by atoms with Crippen LogP contribution in [-0.2, 0) is 15.8 Å². The highest BCUT2D eigenvalue weighted by molar-refractivity contribution is 6.32. The van der Waals surface area contributed by atoms with Gasteiger partial charge in [-0.15, -0.1) is 5.06 Å². The average Bonchev–Trinajstić information content (AvgIpc) is 3.19. The first kappa shape index (κ1) is 22.7. The number of carbonyl (C=O) groups excluding carboxylic acids is 1. The van der Waals surface area contributed by atoms with Gasteiger partial charge in [-0.2, -0.15) is 13.2 Å². The molecule has 1 aliphatic rings. The molecule has 9 heteroatoms. The Kier molecular flexibility index (Phi) is 6.31. The van der Waals surface area contributed by atoms with E-state index in [1.165, 1.54) is 6.07 Å². The summed E-state index contributed by atoms with van der Waals surface area (Å²) >= 11 is 6.16. The van der Waals surface area contributed by atoms with Crippen molar-refractivity contribution in [3.63, 3.8) is 0 Å². The highest BCUT2D eigenvalue weighted by Gasteiger charge is 2.34. The summed E-state index contributed by atoms with van der Waals surface area (Å²) in [5.74, 6) is -1.87. The van der Waals surface area contributed by atoms with E-state index in [9.17, 15) is 27.9 Å². The molecule has 0 aliphatic heterocycles. The number of alkyl halides is 3. The molecule has 5 nitrogen and oxygen atoms in total. The number of amides is 1. The van der Waals surface area contributed by atoms with Crippen LogP contribution in [0.25, 0.3) is 0 Å². The van der Waals surface area contributed by atoms with Gasteiger partial charge in [-0.1, -0.05) is 17.7 Å². The van der Waals surface area contributed by atoms with Crippen LogP contribution in [0, 0.1) is 13.8 Å². The van der Waals surface area contributed by atoms with Crippen LogP contribution in [0.15, 0.2) is 47.5 Å². The summed E-state index contributed by atoms with van der Waals surface area (Å²) in [5, 5.41) is 10.6. The molecule has 0 saturated carbocycles. The SMILES string of the molecule is Cc1cc(ON(C(=O)C2=C(C(=O)O)CCC2)c2cccc(C(F)(F)F)c2)cc(C)c1Cl. The Labute approximate surface area is 181 Å². The van der Waals surface area contributed by atoms with Gasteiger partial charge in [0.2, 0.25) is 0 Å². The second-order valence-corrected chi connectivity index (χ2v) is 7.60. The van der Waals surface area contributed by atoms with E-state index >= 15 is 0 Å². The molecule has 0 fully saturated rings. The van der Waals surface area contributed by atoms with E-state index in [1.807, 2.05) is 0 Å². The lowest BCUT2D eigenvalue weighted by Crippen LogP contribution is -2.36. The number of hydrogen-bond donors (Lipinski definition) is 1. The smallest absolute Gasteiger partial charge is 0.416 e. The van der Waals surface area contributed by atoms with Crippen LogP contribution in [0.4, 0.5) is 18.9 Å². The van der Waals surface area contributed by atoms with E-state index in [1.54, 1.807) is 26.0 Å². The third kappa shape index (κ3) is 4.85. The summed E-state index contributed by atoms with van der Waals surface area (Å²) in [5.41, 5.74) is 0.114. The normalized spacial score (nSPS) is 14.0. The van der Waals surface area contributed by atoms with Gasteiger partial charge in [-0.3, -0.25) is 4.79 Å². The van der Waals surface area contributed by atoms with Crippen LogP contribution < -0.4 is 9.90 Å². The van der Waals surface area contributed by atoms with Gasteiger partial charge in [0.25, 0.3) is 5.91 Å². The van der Waals surface area contributed by atoms with Crippen LogP contribution in [0.5, 0.6) is 5.75 Å². The first-order valence-corrected chi connectivity index (χ1v) is 9.78. The minimum Gasteiger partial charge on any atom is -0.478 e. The number of nitrogens with zero attached hydrogens (tertiary/aromatic N) is 1. The minimum absolute atomic E-state index is 0.00678. The van der Waals surface area contributed by atoms with Crippen molar-refractivity contribution in [2.24, 2.45) is 0 Å². The number of rotatable bonds is 5. The molecule has 2 aromatic rings. The first-order valence-electron chi connectivity index (χ1n) is 9.40. The molecule has 3 rings (SSSR count). The molecule has 0 radical (unpaired) electrons. The average molecular weight is 454 g/mol. The molecule has 0 aromatic heterocycles. The maximum absolute atomic E-state index is 13.2. The molecule has 0 heterocycles. The molecule has 0 spiro atoms. The van der Waals surface area contributed by atoms with Gasteiger partial charge in [-0.05, 0) is 74.6 Å². The number of halogens is 4. The molecular weight excluding hydrogens is 435 g/mol. The van der Waals surface area contributed by atoms with E-state index in [0.717, 1.165) is 18.2 Å². The number of anilines is 1. The Morgan fingerprint density at radius 1 is 1.06 bits per heavy atom. The molecule has 1 N–H and O–H groups in total. The minimum atomic E-state index is -4.63. The maximum Gasteiger partial charge on any atom is 0.416 e. The summed E-state index contributed by atoms with van der Waals surface area (Å²) in [6.45, 7) is 3.45. The quantitative estimate of drug-likeness (QED) is 0.575. The summed E-state index contributed by atoms with van der Waals surface area (Å²) in [4.78, 5) is 30.5. The Morgan fingerprint density at radius 2 is 1.68 bits per heavy atom. The van der Waals surface area contributed by atoms with Crippen molar-refractivity contribution in [3.05, 3.63) is 69.3 Å². The van der Waals surface area contributed by atoms with Crippen molar-refractivity contribution in [2.75, 3.05) is 5.06 Å². The van der Waals surface area contributed by atoms with Crippen LogP contribution in [0.3, 0.4) is 0 Å². The molecule has 1 amide bonds. The fourth-order valence-electron chi connectivity index (χ4n) is 3.42. The highest BCUT2D eigenvalue weighted by atomic mass is 35.5. The number of carboxylic acids is 1. The summed E-state index contributed by atoms with van der Waals surface area (Å²) in [6, 6.07) is 7.19. The van der Waals surface area contributed by atoms with Crippen molar-refractivity contribution in [1.29, 1.82) is 0 Å². The van der Waals surface area contributed by atoms with Gasteiger partial charge < -0.3 is 9.94 Å². The lowest BCUT2D eigenvalue weighted by molar-refractivity contribution is -0.137. The number of benzene rings is 2. The second kappa shape index (κ2) is 8.63. The Balaban J connectivity index is 2.10. The van der Waals surface area contributed by atoms with E-state index in [0.29, 0.717) is 27.6 Å². The maximum atomic E-state index is 13.2. The molecule has 164 valence electrons. The van der Waals surface area contributed by atoms with E-state index < -0.39 is 23.6 Å². The molecule has 1 aliphatic carbocycles. The number of carboxylic acid groups (broad SMARTS) is 1. The van der Waals surface area contributed by atoms with Gasteiger partial charge in [0.05, 0.1) is 11.3 Å². The highest BCUT2D eigenvalue weighted by Crippen LogP contribution is 2.35. The van der Waals surface area contributed by atoms with Gasteiger partial charge in [0.1, 0.15) is 0 Å². The molecule has 0 atom stereocenters. The van der Waals surface area contributed by atoms with Crippen LogP contribution in [-0.4, -0.2) is 17.0 Å². The first-order chi connectivity index (χ1) is 14.5. The predicted octanol–water partition coefficient (Wildman–Crippen LogP) is 5.87. The lowest BCUT2D eigenvalue weighted by atomic mass is 10.1. The van der Waals surface area contributed by atoms with Gasteiger partial charge in [0, 0.05) is 16.2 Å². The summed E-state index contributed by atoms with van der Waals surface area (Å²) in [7, 11) is 0. The lowest BCUT2D eigenvalue weighted by Gasteiger charge is -2.24. The molecule has 2 aromatic carbocycles. The van der Waals surface area contributed by atoms with E-state index in [4.69, 9.17) is 16.4 Å². The Morgan fingerprint density at radius 3 is 2.26 bits per heavy atom. The van der Waals surface area contributed by atoms with Crippen LogP contribution >= 0.6 is 11.6 Å². The van der Waals surface area contributed by atoms with Crippen molar-refractivity contribution in [1.82, 2.24) is 0 Å². The Bertz CT molecular complexity index is 1060. The van der Waals surface area contributed by atoms with Gasteiger partial charge >= 0.3 is 12.1 Å². The van der Waals surface area contributed by atoms with E-state index in [2.05, 4.69) is 0 Å². The largest absolute Gasteiger partial charge is 0.478 e. The zero-order chi connectivity index (χ0) is 22.9. The molecule has 0 saturated heterocycles. The topological polar surface area (TPSA) is 66.8 Å². The van der Waals surface area contributed by atoms with Crippen molar-refractivity contribution >= 4 is 29.2 Å². The number of hydrogen-bond acceptors (Lipinski definition) is 3. The molecule has 31 heavy (non-hydrogen) atoms. The van der Waals surface area contributed by atoms with Gasteiger partial charge in [-0.25, -0.2) is 4.79 Å². The zero-order valence-electron chi connectivity index (χ0n) is 16.7. The number of carbonyl (C=O) groups is 2. The monoisotopic (exact) mass is 453 g/mol. The van der Waals surface area contributed by atoms with Gasteiger partial charge in [0.15, 0.2) is 5.75 Å². The third-order valence-corrected chi connectivity index (χ3v) is 5.53. The summed E-state index contributed by atoms with van der Waals surface area (Å²) < 4.78 is 39.7. The molecular formula is C22H19ClF3NO4. The van der Waals surface area contributed by atoms with Crippen LogP contribution in [0.1, 0.15) is 36.0 Å². The van der Waals surface area contributed by atoms with E-state index in [-0.39, 0.29) is 35.4 Å². The third-order valence-electron chi connectivity index (χ3n) is 4.93. The fourth-order valence-corrected chi connectivity index (χ4v) is 3.53.